The van der Waals surface area contributed by atoms with Crippen molar-refractivity contribution in [3.05, 3.63) is 5.92 Å². The van der Waals surface area contributed by atoms with Crippen LogP contribution >= 0.6 is 0 Å². The van der Waals surface area contributed by atoms with Gasteiger partial charge in [-0.2, -0.15) is 27.7 Å². The van der Waals surface area contributed by atoms with Gasteiger partial charge in [-0.25, -0.2) is 0 Å². The third-order valence-electron chi connectivity index (χ3n) is 3.38. The molecule has 0 aromatic rings. The van der Waals surface area contributed by atoms with Crippen molar-refractivity contribution >= 4 is 22.1 Å². The van der Waals surface area contributed by atoms with Gasteiger partial charge in [0.15, 0.2) is 5.25 Å². The van der Waals surface area contributed by atoms with Crippen LogP contribution in [0.25, 0.3) is 0 Å². The molecule has 0 saturated carbocycles. The van der Waals surface area contributed by atoms with Crippen LogP contribution in [0.3, 0.4) is 0 Å². The normalized spacial score (nSPS) is 11.9. The van der Waals surface area contributed by atoms with E-state index in [2.05, 4.69) is 20.8 Å². The first kappa shape index (κ1) is 28.6. The molecule has 3 N–H and O–H groups in total. The molecule has 24 heavy (non-hydrogen) atoms. The van der Waals surface area contributed by atoms with E-state index in [0.717, 1.165) is 0 Å². The molecule has 0 radical (unpaired) electrons. The molecular formula is C15H29NaO7S. The van der Waals surface area contributed by atoms with E-state index in [1.807, 2.05) is 0 Å². The summed E-state index contributed by atoms with van der Waals surface area (Å²) < 4.78 is 28.7. The van der Waals surface area contributed by atoms with Crippen molar-refractivity contribution in [1.29, 1.82) is 0 Å². The van der Waals surface area contributed by atoms with Gasteiger partial charge in [0.2, 0.25) is 0 Å². The van der Waals surface area contributed by atoms with Gasteiger partial charge in [-0.15, -0.1) is 0 Å². The fraction of sp³-hybridized carbons (Fsp3) is 0.800. The van der Waals surface area contributed by atoms with E-state index in [-0.39, 0.29) is 29.6 Å². The summed E-state index contributed by atoms with van der Waals surface area (Å²) in [7, 11) is -4.84. The minimum absolute atomic E-state index is 0. The first-order valence-electron chi connectivity index (χ1n) is 7.84. The largest absolute Gasteiger partial charge is 1.00 e. The molecule has 1 atom stereocenters. The second kappa shape index (κ2) is 16.3. The molecule has 0 aliphatic heterocycles. The molecule has 138 valence electrons. The van der Waals surface area contributed by atoms with Crippen molar-refractivity contribution < 1.29 is 62.3 Å². The van der Waals surface area contributed by atoms with Gasteiger partial charge in [0.1, 0.15) is 0 Å². The number of rotatable bonds is 11. The first-order valence-corrected chi connectivity index (χ1v) is 9.34. The quantitative estimate of drug-likeness (QED) is 0.203. The van der Waals surface area contributed by atoms with E-state index in [9.17, 15) is 18.0 Å². The summed E-state index contributed by atoms with van der Waals surface area (Å²) in [6.07, 6.45) is 8.44. The smallest absolute Gasteiger partial charge is 0.481 e. The van der Waals surface area contributed by atoms with Crippen molar-refractivity contribution in [2.45, 2.75) is 77.4 Å². The molecule has 0 heterocycles. The van der Waals surface area contributed by atoms with Crippen molar-refractivity contribution in [1.82, 2.24) is 0 Å². The van der Waals surface area contributed by atoms with E-state index < -0.39 is 33.7 Å². The number of hydrogen-bond donors (Lipinski definition) is 3. The third kappa shape index (κ3) is 16.7. The molecule has 0 aromatic carbocycles. The zero-order valence-electron chi connectivity index (χ0n) is 15.1. The predicted octanol–water partition coefficient (Wildman–Crippen LogP) is 0.157. The van der Waals surface area contributed by atoms with Crippen LogP contribution in [0, 0.1) is 5.92 Å². The van der Waals surface area contributed by atoms with Gasteiger partial charge in [-0.1, -0.05) is 46.5 Å². The Bertz CT molecular complexity index is 433. The van der Waals surface area contributed by atoms with Crippen LogP contribution in [-0.4, -0.2) is 40.4 Å². The van der Waals surface area contributed by atoms with Crippen LogP contribution < -0.4 is 29.6 Å². The summed E-state index contributed by atoms with van der Waals surface area (Å²) in [5.41, 5.74) is 0. The Labute approximate surface area is 167 Å². The molecule has 0 aliphatic rings. The Morgan fingerprint density at radius 2 is 1.50 bits per heavy atom. The Morgan fingerprint density at radius 3 is 1.75 bits per heavy atom. The fourth-order valence-corrected chi connectivity index (χ4v) is 2.49. The minimum Gasteiger partial charge on any atom is -0.481 e. The predicted molar refractivity (Wildman–Crippen MR) is 87.8 cm³/mol. The molecule has 0 aromatic heterocycles. The first-order chi connectivity index (χ1) is 10.6. The molecule has 0 spiro atoms. The number of unbranched alkanes of at least 4 members (excludes halogenated alkanes) is 3. The minimum atomic E-state index is -4.84. The van der Waals surface area contributed by atoms with Crippen molar-refractivity contribution in [2.75, 3.05) is 0 Å². The fourth-order valence-electron chi connectivity index (χ4n) is 1.88. The van der Waals surface area contributed by atoms with Crippen LogP contribution in [0.15, 0.2) is 0 Å². The maximum Gasteiger partial charge on any atom is 1.00 e. The Hall–Kier alpha value is -0.150. The molecule has 9 heteroatoms. The topological polar surface area (TPSA) is 129 Å². The summed E-state index contributed by atoms with van der Waals surface area (Å²) in [6.45, 7) is 6.82. The van der Waals surface area contributed by atoms with E-state index in [1.165, 1.54) is 44.9 Å². The summed E-state index contributed by atoms with van der Waals surface area (Å²) >= 11 is 0. The average molecular weight is 376 g/mol. The van der Waals surface area contributed by atoms with Crippen LogP contribution in [0.1, 0.15) is 72.1 Å². The SMILES string of the molecule is CCCCCC[C-](CC)CC.O=C(O)CC(C(=O)O)S(=O)(=O)O.[Na+]. The van der Waals surface area contributed by atoms with Gasteiger partial charge in [0.25, 0.3) is 10.1 Å². The van der Waals surface area contributed by atoms with Crippen LogP contribution in [-0.2, 0) is 19.7 Å². The third-order valence-corrected chi connectivity index (χ3v) is 4.47. The monoisotopic (exact) mass is 376 g/mol. The zero-order valence-corrected chi connectivity index (χ0v) is 17.9. The van der Waals surface area contributed by atoms with Gasteiger partial charge in [-0.05, 0) is 0 Å². The van der Waals surface area contributed by atoms with Gasteiger partial charge in [-0.3, -0.25) is 14.1 Å². The van der Waals surface area contributed by atoms with Gasteiger partial charge >= 0.3 is 41.5 Å². The average Bonchev–Trinajstić information content (AvgIpc) is 2.44. The van der Waals surface area contributed by atoms with Crippen LogP contribution in [0.4, 0.5) is 0 Å². The number of carboxylic acid groups (broad SMARTS) is 2. The number of aliphatic carboxylic acids is 2. The summed E-state index contributed by atoms with van der Waals surface area (Å²) in [5.74, 6) is -1.75. The van der Waals surface area contributed by atoms with Crippen molar-refractivity contribution in [3.8, 4) is 0 Å². The van der Waals surface area contributed by atoms with E-state index in [0.29, 0.717) is 0 Å². The van der Waals surface area contributed by atoms with E-state index >= 15 is 0 Å². The number of carbonyl (C=O) groups is 2. The Morgan fingerprint density at radius 1 is 1.00 bits per heavy atom. The zero-order chi connectivity index (χ0) is 18.5. The molecule has 0 aliphatic carbocycles. The van der Waals surface area contributed by atoms with Crippen LogP contribution in [0.5, 0.6) is 0 Å². The standard InChI is InChI=1S/C11H23.C4H6O7S.Na/c1-4-7-8-9-10-11(5-2)6-3;5-3(6)1-2(4(7)8)12(9,10)11;/h4-10H2,1-3H3;2H,1H2,(H,5,6)(H,7,8)(H,9,10,11);/q-1;;+1. The summed E-state index contributed by atoms with van der Waals surface area (Å²) in [5, 5.41) is 13.9. The molecular weight excluding hydrogens is 347 g/mol. The molecule has 0 amide bonds. The van der Waals surface area contributed by atoms with E-state index in [4.69, 9.17) is 14.8 Å². The Kier molecular flexibility index (Phi) is 19.5. The summed E-state index contributed by atoms with van der Waals surface area (Å²) in [6, 6.07) is 0. The number of carboxylic acids is 2. The second-order valence-corrected chi connectivity index (χ2v) is 6.81. The second-order valence-electron chi connectivity index (χ2n) is 5.21. The van der Waals surface area contributed by atoms with Crippen molar-refractivity contribution in [2.24, 2.45) is 0 Å². The Balaban J connectivity index is -0.000000354. The van der Waals surface area contributed by atoms with Crippen molar-refractivity contribution in [3.63, 3.8) is 0 Å². The van der Waals surface area contributed by atoms with Crippen LogP contribution in [0.2, 0.25) is 0 Å². The van der Waals surface area contributed by atoms with Gasteiger partial charge in [0.05, 0.1) is 6.42 Å². The molecule has 0 saturated heterocycles. The maximum absolute atomic E-state index is 10.2. The number of hydrogen-bond acceptors (Lipinski definition) is 4. The maximum atomic E-state index is 10.2. The molecule has 0 rings (SSSR count). The summed E-state index contributed by atoms with van der Waals surface area (Å²) in [4.78, 5) is 20.0. The molecule has 1 unspecified atom stereocenters. The van der Waals surface area contributed by atoms with Gasteiger partial charge in [0, 0.05) is 0 Å². The van der Waals surface area contributed by atoms with Gasteiger partial charge < -0.3 is 16.1 Å². The van der Waals surface area contributed by atoms with E-state index in [1.54, 1.807) is 5.92 Å². The molecule has 0 bridgehead atoms. The molecule has 0 fully saturated rings. The molecule has 7 nitrogen and oxygen atoms in total.